The van der Waals surface area contributed by atoms with Gasteiger partial charge in [0.25, 0.3) is 5.91 Å². The van der Waals surface area contributed by atoms with Crippen molar-refractivity contribution in [3.05, 3.63) is 42.2 Å². The predicted octanol–water partition coefficient (Wildman–Crippen LogP) is 1.35. The Hall–Kier alpha value is -2.31. The molecule has 0 saturated carbocycles. The van der Waals surface area contributed by atoms with Crippen LogP contribution in [-0.2, 0) is 7.05 Å². The van der Waals surface area contributed by atoms with Gasteiger partial charge in [-0.25, -0.2) is 4.98 Å². The van der Waals surface area contributed by atoms with Gasteiger partial charge in [0.05, 0.1) is 18.2 Å². The molecule has 2 rings (SSSR count). The van der Waals surface area contributed by atoms with Gasteiger partial charge in [0.15, 0.2) is 0 Å². The molecule has 0 spiro atoms. The topological polar surface area (TPSA) is 59.8 Å². The lowest BCUT2D eigenvalue weighted by molar-refractivity contribution is 0.101. The molecule has 0 fully saturated rings. The number of aryl methyl sites for hydroxylation is 1. The molecule has 88 valence electrons. The Morgan fingerprint density at radius 2 is 2.18 bits per heavy atom. The average Bonchev–Trinajstić information content (AvgIpc) is 2.68. The van der Waals surface area contributed by atoms with Crippen molar-refractivity contribution in [3.8, 4) is 0 Å². The zero-order chi connectivity index (χ0) is 12.4. The number of carbonyl (C=O) groups is 1. The highest BCUT2D eigenvalue weighted by atomic mass is 19.1. The molecule has 5 nitrogen and oxygen atoms in total. The molecule has 0 aliphatic heterocycles. The van der Waals surface area contributed by atoms with Gasteiger partial charge >= 0.3 is 0 Å². The third-order valence-corrected chi connectivity index (χ3v) is 2.11. The van der Waals surface area contributed by atoms with Crippen LogP contribution in [-0.4, -0.2) is 20.4 Å². The Morgan fingerprint density at radius 1 is 1.41 bits per heavy atom. The Labute approximate surface area is 95.1 Å². The van der Waals surface area contributed by atoms with Gasteiger partial charge in [-0.3, -0.25) is 4.79 Å². The molecule has 2 aromatic heterocycles. The Balaban J connectivity index is 2.22. The zero-order valence-electron chi connectivity index (χ0n) is 8.82. The highest BCUT2D eigenvalue weighted by Crippen LogP contribution is 2.12. The smallest absolute Gasteiger partial charge is 0.274 e. The van der Waals surface area contributed by atoms with E-state index < -0.39 is 17.8 Å². The van der Waals surface area contributed by atoms with Crippen molar-refractivity contribution in [1.82, 2.24) is 14.5 Å². The molecule has 0 bridgehead atoms. The number of hydrogen-bond acceptors (Lipinski definition) is 3. The lowest BCUT2D eigenvalue weighted by Gasteiger charge is -2.05. The van der Waals surface area contributed by atoms with Crippen LogP contribution in [0.4, 0.5) is 14.5 Å². The average molecular weight is 238 g/mol. The van der Waals surface area contributed by atoms with Crippen LogP contribution in [0.5, 0.6) is 0 Å². The SMILES string of the molecule is Cn1cncc1C(=O)Nc1ccc(F)nc1F. The summed E-state index contributed by atoms with van der Waals surface area (Å²) < 4.78 is 27.2. The minimum Gasteiger partial charge on any atom is -0.330 e. The fourth-order valence-electron chi connectivity index (χ4n) is 1.27. The van der Waals surface area contributed by atoms with Crippen molar-refractivity contribution in [2.75, 3.05) is 5.32 Å². The fraction of sp³-hybridized carbons (Fsp3) is 0.100. The number of imidazole rings is 1. The summed E-state index contributed by atoms with van der Waals surface area (Å²) in [7, 11) is 1.63. The number of amides is 1. The Kier molecular flexibility index (Phi) is 2.82. The Bertz CT molecular complexity index is 567. The summed E-state index contributed by atoms with van der Waals surface area (Å²) in [6.45, 7) is 0. The van der Waals surface area contributed by atoms with Crippen molar-refractivity contribution in [1.29, 1.82) is 0 Å². The van der Waals surface area contributed by atoms with Crippen LogP contribution in [0, 0.1) is 11.9 Å². The third-order valence-electron chi connectivity index (χ3n) is 2.11. The number of anilines is 1. The van der Waals surface area contributed by atoms with E-state index in [9.17, 15) is 13.6 Å². The molecule has 0 aliphatic rings. The molecule has 0 unspecified atom stereocenters. The zero-order valence-corrected chi connectivity index (χ0v) is 8.82. The van der Waals surface area contributed by atoms with Crippen LogP contribution in [0.15, 0.2) is 24.7 Å². The summed E-state index contributed by atoms with van der Waals surface area (Å²) in [6, 6.07) is 2.06. The predicted molar refractivity (Wildman–Crippen MR) is 55.3 cm³/mol. The number of hydrogen-bond donors (Lipinski definition) is 1. The van der Waals surface area contributed by atoms with E-state index in [4.69, 9.17) is 0 Å². The first-order valence-corrected chi connectivity index (χ1v) is 4.67. The van der Waals surface area contributed by atoms with Gasteiger partial charge in [-0.1, -0.05) is 0 Å². The number of nitrogens with zero attached hydrogens (tertiary/aromatic N) is 3. The molecular formula is C10H8F2N4O. The first-order valence-electron chi connectivity index (χ1n) is 4.67. The minimum atomic E-state index is -1.07. The lowest BCUT2D eigenvalue weighted by atomic mass is 10.3. The van der Waals surface area contributed by atoms with Crippen LogP contribution in [0.1, 0.15) is 10.5 Å². The van der Waals surface area contributed by atoms with E-state index in [1.165, 1.54) is 17.1 Å². The Morgan fingerprint density at radius 3 is 2.76 bits per heavy atom. The number of pyridine rings is 1. The van der Waals surface area contributed by atoms with Crippen LogP contribution in [0.2, 0.25) is 0 Å². The maximum absolute atomic E-state index is 13.2. The third kappa shape index (κ3) is 2.27. The van der Waals surface area contributed by atoms with Gasteiger partial charge < -0.3 is 9.88 Å². The molecule has 2 aromatic rings. The number of rotatable bonds is 2. The van der Waals surface area contributed by atoms with Gasteiger partial charge in [0.2, 0.25) is 11.9 Å². The highest BCUT2D eigenvalue weighted by Gasteiger charge is 2.13. The fourth-order valence-corrected chi connectivity index (χ4v) is 1.27. The van der Waals surface area contributed by atoms with E-state index in [0.29, 0.717) is 0 Å². The van der Waals surface area contributed by atoms with E-state index in [0.717, 1.165) is 12.1 Å². The van der Waals surface area contributed by atoms with Gasteiger partial charge in [-0.15, -0.1) is 0 Å². The number of aromatic nitrogens is 3. The second kappa shape index (κ2) is 4.28. The largest absolute Gasteiger partial charge is 0.330 e. The summed E-state index contributed by atoms with van der Waals surface area (Å²) in [5.74, 6) is -2.56. The van der Waals surface area contributed by atoms with Crippen LogP contribution in [0.25, 0.3) is 0 Å². The number of nitrogens with one attached hydrogen (secondary N) is 1. The maximum atomic E-state index is 13.2. The normalized spacial score (nSPS) is 10.3. The van der Waals surface area contributed by atoms with Crippen molar-refractivity contribution < 1.29 is 13.6 Å². The van der Waals surface area contributed by atoms with E-state index in [1.54, 1.807) is 7.05 Å². The minimum absolute atomic E-state index is 0.183. The lowest BCUT2D eigenvalue weighted by Crippen LogP contribution is -2.16. The van der Waals surface area contributed by atoms with E-state index >= 15 is 0 Å². The van der Waals surface area contributed by atoms with Gasteiger partial charge in [0, 0.05) is 7.05 Å². The second-order valence-electron chi connectivity index (χ2n) is 3.32. The molecule has 2 heterocycles. The molecule has 0 aliphatic carbocycles. The molecule has 0 radical (unpaired) electrons. The summed E-state index contributed by atoms with van der Waals surface area (Å²) in [6.07, 6.45) is 2.78. The molecule has 0 saturated heterocycles. The maximum Gasteiger partial charge on any atom is 0.274 e. The number of halogens is 2. The molecule has 0 atom stereocenters. The van der Waals surface area contributed by atoms with Crippen LogP contribution < -0.4 is 5.32 Å². The molecule has 0 aromatic carbocycles. The van der Waals surface area contributed by atoms with Crippen LogP contribution >= 0.6 is 0 Å². The number of carbonyl (C=O) groups excluding carboxylic acids is 1. The van der Waals surface area contributed by atoms with E-state index in [1.807, 2.05) is 0 Å². The van der Waals surface area contributed by atoms with Crippen molar-refractivity contribution in [2.45, 2.75) is 0 Å². The van der Waals surface area contributed by atoms with Crippen molar-refractivity contribution in [3.63, 3.8) is 0 Å². The molecular weight excluding hydrogens is 230 g/mol. The van der Waals surface area contributed by atoms with Crippen LogP contribution in [0.3, 0.4) is 0 Å². The van der Waals surface area contributed by atoms with Gasteiger partial charge in [-0.2, -0.15) is 13.8 Å². The summed E-state index contributed by atoms with van der Waals surface area (Å²) in [4.78, 5) is 18.4. The van der Waals surface area contributed by atoms with E-state index in [-0.39, 0.29) is 11.4 Å². The molecule has 7 heteroatoms. The second-order valence-corrected chi connectivity index (χ2v) is 3.32. The first-order chi connectivity index (χ1) is 8.08. The molecule has 1 N–H and O–H groups in total. The summed E-state index contributed by atoms with van der Waals surface area (Å²) in [5, 5.41) is 2.28. The van der Waals surface area contributed by atoms with Crippen molar-refractivity contribution >= 4 is 11.6 Å². The summed E-state index contributed by atoms with van der Waals surface area (Å²) in [5.41, 5.74) is 0.0753. The highest BCUT2D eigenvalue weighted by molar-refractivity contribution is 6.02. The first kappa shape index (κ1) is 11.2. The molecule has 17 heavy (non-hydrogen) atoms. The molecule has 1 amide bonds. The van der Waals surface area contributed by atoms with Gasteiger partial charge in [0.1, 0.15) is 5.69 Å². The van der Waals surface area contributed by atoms with Crippen molar-refractivity contribution in [2.24, 2.45) is 7.05 Å². The summed E-state index contributed by atoms with van der Waals surface area (Å²) >= 11 is 0. The quantitative estimate of drug-likeness (QED) is 0.803. The van der Waals surface area contributed by atoms with Gasteiger partial charge in [-0.05, 0) is 12.1 Å². The van der Waals surface area contributed by atoms with E-state index in [2.05, 4.69) is 15.3 Å². The standard InChI is InChI=1S/C10H8F2N4O/c1-16-5-13-4-7(16)10(17)14-6-2-3-8(11)15-9(6)12/h2-5H,1H3,(H,14,17). The monoisotopic (exact) mass is 238 g/mol.